The van der Waals surface area contributed by atoms with Crippen molar-refractivity contribution in [3.63, 3.8) is 0 Å². The van der Waals surface area contributed by atoms with E-state index in [1.165, 1.54) is 18.1 Å². The first-order valence-electron chi connectivity index (χ1n) is 3.17. The number of primary amides is 1. The topological polar surface area (TPSA) is 94.9 Å². The summed E-state index contributed by atoms with van der Waals surface area (Å²) in [6.07, 6.45) is 1.35. The molecule has 1 rings (SSSR count). The molecule has 0 aromatic carbocycles. The summed E-state index contributed by atoms with van der Waals surface area (Å²) in [4.78, 5) is 18.0. The number of carbonyl (C=O) groups excluding carboxylic acids is 1. The molecule has 5 nitrogen and oxygen atoms in total. The number of hydrogen-bond donors (Lipinski definition) is 2. The van der Waals surface area contributed by atoms with Gasteiger partial charge in [0.2, 0.25) is 5.91 Å². The predicted octanol–water partition coefficient (Wildman–Crippen LogP) is -0.364. The van der Waals surface area contributed by atoms with E-state index in [1.807, 2.05) is 0 Å². The lowest BCUT2D eigenvalue weighted by molar-refractivity contribution is -0.115. The number of aromatic nitrogens is 2. The minimum Gasteiger partial charge on any atom is -0.384 e. The van der Waals surface area contributed by atoms with Crippen molar-refractivity contribution in [2.24, 2.45) is 5.73 Å². The second kappa shape index (κ2) is 3.91. The molecule has 0 aliphatic carbocycles. The summed E-state index contributed by atoms with van der Waals surface area (Å²) in [6.45, 7) is 0. The summed E-state index contributed by atoms with van der Waals surface area (Å²) in [6, 6.07) is 1.59. The molecule has 6 heteroatoms. The van der Waals surface area contributed by atoms with E-state index < -0.39 is 0 Å². The van der Waals surface area contributed by atoms with E-state index in [0.717, 1.165) is 0 Å². The molecular weight excluding hydrogens is 176 g/mol. The highest BCUT2D eigenvalue weighted by Gasteiger charge is 1.99. The van der Waals surface area contributed by atoms with Crippen LogP contribution in [-0.4, -0.2) is 21.6 Å². The number of amides is 1. The lowest BCUT2D eigenvalue weighted by Crippen LogP contribution is -2.13. The normalized spacial score (nSPS) is 9.67. The molecule has 0 aliphatic rings. The van der Waals surface area contributed by atoms with Crippen molar-refractivity contribution in [1.82, 2.24) is 9.97 Å². The van der Waals surface area contributed by atoms with Crippen molar-refractivity contribution in [2.75, 3.05) is 11.5 Å². The number of nitrogens with zero attached hydrogens (tertiary/aromatic N) is 2. The van der Waals surface area contributed by atoms with Gasteiger partial charge in [-0.2, -0.15) is 0 Å². The van der Waals surface area contributed by atoms with Crippen molar-refractivity contribution in [2.45, 2.75) is 5.03 Å². The van der Waals surface area contributed by atoms with Crippen LogP contribution in [0.25, 0.3) is 0 Å². The number of nitrogen functional groups attached to an aromatic ring is 1. The van der Waals surface area contributed by atoms with Crippen LogP contribution < -0.4 is 11.5 Å². The van der Waals surface area contributed by atoms with Crippen LogP contribution >= 0.6 is 11.8 Å². The molecule has 0 unspecified atom stereocenters. The van der Waals surface area contributed by atoms with Crippen LogP contribution in [0.4, 0.5) is 5.82 Å². The highest BCUT2D eigenvalue weighted by Crippen LogP contribution is 2.14. The van der Waals surface area contributed by atoms with Crippen molar-refractivity contribution >= 4 is 23.5 Å². The van der Waals surface area contributed by atoms with Crippen LogP contribution in [0, 0.1) is 0 Å². The summed E-state index contributed by atoms with van der Waals surface area (Å²) in [5, 5.41) is 0.654. The van der Waals surface area contributed by atoms with Gasteiger partial charge in [0.15, 0.2) is 0 Å². The summed E-state index contributed by atoms with van der Waals surface area (Å²) < 4.78 is 0. The predicted molar refractivity (Wildman–Crippen MR) is 46.4 cm³/mol. The number of hydrogen-bond acceptors (Lipinski definition) is 5. The zero-order valence-corrected chi connectivity index (χ0v) is 7.04. The monoisotopic (exact) mass is 184 g/mol. The zero-order chi connectivity index (χ0) is 8.97. The van der Waals surface area contributed by atoms with Gasteiger partial charge in [0.1, 0.15) is 17.2 Å². The maximum atomic E-state index is 10.4. The molecule has 4 N–H and O–H groups in total. The van der Waals surface area contributed by atoms with E-state index in [-0.39, 0.29) is 11.7 Å². The van der Waals surface area contributed by atoms with E-state index in [4.69, 9.17) is 11.5 Å². The Hall–Kier alpha value is -1.30. The minimum absolute atomic E-state index is 0.205. The average Bonchev–Trinajstić information content (AvgIpc) is 2.01. The number of carbonyl (C=O) groups is 1. The molecule has 1 amide bonds. The number of anilines is 1. The molecule has 0 saturated carbocycles. The highest BCUT2D eigenvalue weighted by molar-refractivity contribution is 7.99. The van der Waals surface area contributed by atoms with Gasteiger partial charge in [-0.05, 0) is 0 Å². The molecule has 1 aromatic heterocycles. The van der Waals surface area contributed by atoms with E-state index in [9.17, 15) is 4.79 Å². The van der Waals surface area contributed by atoms with Gasteiger partial charge in [0, 0.05) is 6.07 Å². The second-order valence-corrected chi connectivity index (χ2v) is 3.03. The lowest BCUT2D eigenvalue weighted by Gasteiger charge is -1.97. The zero-order valence-electron chi connectivity index (χ0n) is 6.23. The first kappa shape index (κ1) is 8.79. The van der Waals surface area contributed by atoms with E-state index in [1.54, 1.807) is 6.07 Å². The van der Waals surface area contributed by atoms with Gasteiger partial charge in [0.05, 0.1) is 5.75 Å². The van der Waals surface area contributed by atoms with Gasteiger partial charge in [-0.25, -0.2) is 9.97 Å². The van der Waals surface area contributed by atoms with E-state index in [2.05, 4.69) is 9.97 Å². The molecule has 0 aliphatic heterocycles. The molecule has 1 aromatic rings. The maximum absolute atomic E-state index is 10.4. The minimum atomic E-state index is -0.378. The van der Waals surface area contributed by atoms with Crippen LogP contribution in [0.15, 0.2) is 17.4 Å². The van der Waals surface area contributed by atoms with Crippen molar-refractivity contribution < 1.29 is 4.79 Å². The SMILES string of the molecule is NC(=O)CSc1cc(N)ncn1. The molecular formula is C6H8N4OS. The standard InChI is InChI=1S/C6H8N4OS/c7-4-1-6(10-3-9-4)12-2-5(8)11/h1,3H,2H2,(H2,8,11)(H2,7,9,10). The van der Waals surface area contributed by atoms with Gasteiger partial charge in [0.25, 0.3) is 0 Å². The highest BCUT2D eigenvalue weighted by atomic mass is 32.2. The van der Waals surface area contributed by atoms with Gasteiger partial charge < -0.3 is 11.5 Å². The molecule has 64 valence electrons. The fraction of sp³-hybridized carbons (Fsp3) is 0.167. The Morgan fingerprint density at radius 2 is 2.33 bits per heavy atom. The van der Waals surface area contributed by atoms with Crippen LogP contribution in [0.5, 0.6) is 0 Å². The Morgan fingerprint density at radius 1 is 1.58 bits per heavy atom. The Labute approximate surface area is 73.6 Å². The van der Waals surface area contributed by atoms with Crippen molar-refractivity contribution in [3.8, 4) is 0 Å². The van der Waals surface area contributed by atoms with Gasteiger partial charge in [-0.3, -0.25) is 4.79 Å². The third kappa shape index (κ3) is 2.75. The Balaban J connectivity index is 2.57. The number of thioether (sulfide) groups is 1. The van der Waals surface area contributed by atoms with Gasteiger partial charge >= 0.3 is 0 Å². The fourth-order valence-electron chi connectivity index (χ4n) is 0.577. The first-order chi connectivity index (χ1) is 5.68. The molecule has 1 heterocycles. The maximum Gasteiger partial charge on any atom is 0.227 e. The lowest BCUT2D eigenvalue weighted by atomic mass is 10.6. The molecule has 0 bridgehead atoms. The first-order valence-corrected chi connectivity index (χ1v) is 4.15. The molecule has 0 spiro atoms. The van der Waals surface area contributed by atoms with Crippen molar-refractivity contribution in [1.29, 1.82) is 0 Å². The quantitative estimate of drug-likeness (QED) is 0.494. The van der Waals surface area contributed by atoms with Crippen LogP contribution in [0.1, 0.15) is 0 Å². The van der Waals surface area contributed by atoms with Crippen molar-refractivity contribution in [3.05, 3.63) is 12.4 Å². The Bertz CT molecular complexity index is 291. The average molecular weight is 184 g/mol. The smallest absolute Gasteiger partial charge is 0.227 e. The second-order valence-electron chi connectivity index (χ2n) is 2.04. The largest absolute Gasteiger partial charge is 0.384 e. The Kier molecular flexibility index (Phi) is 2.87. The van der Waals surface area contributed by atoms with Crippen LogP contribution in [0.2, 0.25) is 0 Å². The molecule has 0 atom stereocenters. The summed E-state index contributed by atoms with van der Waals surface area (Å²) >= 11 is 1.24. The summed E-state index contributed by atoms with van der Waals surface area (Å²) in [5.74, 6) is 0.213. The van der Waals surface area contributed by atoms with Crippen LogP contribution in [-0.2, 0) is 4.79 Å². The van der Waals surface area contributed by atoms with Crippen LogP contribution in [0.3, 0.4) is 0 Å². The number of nitrogens with two attached hydrogens (primary N) is 2. The number of rotatable bonds is 3. The third-order valence-electron chi connectivity index (χ3n) is 1.03. The molecule has 0 saturated heterocycles. The van der Waals surface area contributed by atoms with E-state index in [0.29, 0.717) is 10.8 Å². The summed E-state index contributed by atoms with van der Waals surface area (Å²) in [7, 11) is 0. The third-order valence-corrected chi connectivity index (χ3v) is 1.97. The fourth-order valence-corrected chi connectivity index (χ4v) is 1.19. The molecule has 12 heavy (non-hydrogen) atoms. The summed E-state index contributed by atoms with van der Waals surface area (Å²) in [5.41, 5.74) is 10.3. The molecule has 0 radical (unpaired) electrons. The van der Waals surface area contributed by atoms with Gasteiger partial charge in [-0.15, -0.1) is 0 Å². The Morgan fingerprint density at radius 3 is 2.92 bits per heavy atom. The van der Waals surface area contributed by atoms with Gasteiger partial charge in [-0.1, -0.05) is 11.8 Å². The molecule has 0 fully saturated rings. The van der Waals surface area contributed by atoms with E-state index >= 15 is 0 Å².